The number of fused-ring (bicyclic) bond motifs is 4. The molecule has 0 N–H and O–H groups in total. The average Bonchev–Trinajstić information content (AvgIpc) is 3.17. The van der Waals surface area contributed by atoms with Gasteiger partial charge in [0.1, 0.15) is 0 Å². The minimum Gasteiger partial charge on any atom is -0.160 e. The summed E-state index contributed by atoms with van der Waals surface area (Å²) in [6.45, 7) is 9.82. The third kappa shape index (κ3) is 7.49. The van der Waals surface area contributed by atoms with Crippen LogP contribution in [0.2, 0.25) is 0 Å². The van der Waals surface area contributed by atoms with E-state index in [0.717, 1.165) is 41.9 Å². The van der Waals surface area contributed by atoms with Crippen LogP contribution in [-0.2, 0) is 0 Å². The molecule has 0 aromatic rings. The first kappa shape index (κ1) is 24.0. The molecule has 30 heavy (non-hydrogen) atoms. The molecule has 0 amide bonds. The Kier molecular flexibility index (Phi) is 9.91. The number of hydrogen-bond donors (Lipinski definition) is 0. The number of nitrogens with zero attached hydrogens (tertiary/aromatic N) is 2. The van der Waals surface area contributed by atoms with E-state index in [1.54, 1.807) is 0 Å². The van der Waals surface area contributed by atoms with E-state index in [1.165, 1.54) is 108 Å². The first-order valence-electron chi connectivity index (χ1n) is 13.6. The average molecular weight is 415 g/mol. The maximum absolute atomic E-state index is 4.47. The van der Waals surface area contributed by atoms with Gasteiger partial charge in [-0.15, -0.1) is 0 Å². The lowest BCUT2D eigenvalue weighted by atomic mass is 9.76. The quantitative estimate of drug-likeness (QED) is 0.440. The second-order valence-corrected chi connectivity index (χ2v) is 11.5. The fourth-order valence-corrected chi connectivity index (χ4v) is 6.75. The molecule has 2 saturated carbocycles. The van der Waals surface area contributed by atoms with Crippen LogP contribution in [0.25, 0.3) is 0 Å². The predicted octanol–water partition coefficient (Wildman–Crippen LogP) is 8.84. The minimum absolute atomic E-state index is 0.905. The van der Waals surface area contributed by atoms with Gasteiger partial charge in [0.15, 0.2) is 0 Å². The Morgan fingerprint density at radius 2 is 1.47 bits per heavy atom. The van der Waals surface area contributed by atoms with Crippen molar-refractivity contribution in [1.29, 1.82) is 0 Å². The smallest absolute Gasteiger partial charge is 0.0462 e. The summed E-state index contributed by atoms with van der Waals surface area (Å²) in [5.41, 5.74) is 2.56. The van der Waals surface area contributed by atoms with Gasteiger partial charge in [-0.1, -0.05) is 91.4 Å². The molecule has 2 heteroatoms. The summed E-state index contributed by atoms with van der Waals surface area (Å²) in [7, 11) is 0. The first-order chi connectivity index (χ1) is 14.5. The fraction of sp³-hybridized carbons (Fsp3) is 0.929. The van der Waals surface area contributed by atoms with Gasteiger partial charge in [-0.3, -0.25) is 0 Å². The Balaban J connectivity index is 1.67. The van der Waals surface area contributed by atoms with Crippen molar-refractivity contribution in [3.8, 4) is 0 Å². The summed E-state index contributed by atoms with van der Waals surface area (Å²) in [6.07, 6.45) is 22.6. The van der Waals surface area contributed by atoms with Gasteiger partial charge in [0.25, 0.3) is 0 Å². The molecule has 2 fully saturated rings. The van der Waals surface area contributed by atoms with Crippen LogP contribution in [0.4, 0.5) is 0 Å². The van der Waals surface area contributed by atoms with E-state index in [9.17, 15) is 0 Å². The van der Waals surface area contributed by atoms with Crippen molar-refractivity contribution in [3.63, 3.8) is 0 Å². The van der Waals surface area contributed by atoms with Crippen molar-refractivity contribution in [2.75, 3.05) is 0 Å². The Bertz CT molecular complexity index is 563. The summed E-state index contributed by atoms with van der Waals surface area (Å²) < 4.78 is 0. The molecule has 2 aliphatic carbocycles. The van der Waals surface area contributed by atoms with Crippen LogP contribution in [0.15, 0.2) is 10.2 Å². The van der Waals surface area contributed by atoms with Gasteiger partial charge in [0.05, 0.1) is 0 Å². The zero-order valence-corrected chi connectivity index (χ0v) is 20.7. The number of hydrogen-bond acceptors (Lipinski definition) is 2. The maximum atomic E-state index is 4.47. The molecular weight excluding hydrogens is 364 g/mol. The van der Waals surface area contributed by atoms with Gasteiger partial charge in [-0.25, -0.2) is 0 Å². The Labute approximate surface area is 187 Å². The molecule has 3 rings (SSSR count). The maximum Gasteiger partial charge on any atom is 0.0462 e. The fourth-order valence-electron chi connectivity index (χ4n) is 6.75. The molecule has 0 spiro atoms. The predicted molar refractivity (Wildman–Crippen MR) is 132 cm³/mol. The van der Waals surface area contributed by atoms with E-state index in [2.05, 4.69) is 37.9 Å². The molecule has 0 aromatic carbocycles. The SMILES string of the molecule is CC1=NN=C(CCC2CCCCCCCC(C)C(C)C3CCCC2CC(C)CC3)C1. The highest BCUT2D eigenvalue weighted by Crippen LogP contribution is 2.40. The van der Waals surface area contributed by atoms with Crippen LogP contribution in [0.1, 0.15) is 130 Å². The van der Waals surface area contributed by atoms with Gasteiger partial charge in [-0.2, -0.15) is 10.2 Å². The molecule has 6 unspecified atom stereocenters. The second kappa shape index (κ2) is 12.4. The molecular formula is C28H50N2. The minimum atomic E-state index is 0.905. The van der Waals surface area contributed by atoms with E-state index in [-0.39, 0.29) is 0 Å². The van der Waals surface area contributed by atoms with Crippen LogP contribution >= 0.6 is 0 Å². The van der Waals surface area contributed by atoms with Gasteiger partial charge in [-0.05, 0) is 68.1 Å². The van der Waals surface area contributed by atoms with Crippen molar-refractivity contribution >= 4 is 11.4 Å². The molecule has 6 atom stereocenters. The van der Waals surface area contributed by atoms with Crippen molar-refractivity contribution in [1.82, 2.24) is 0 Å². The van der Waals surface area contributed by atoms with Crippen LogP contribution in [0.3, 0.4) is 0 Å². The lowest BCUT2D eigenvalue weighted by Gasteiger charge is -2.29. The highest BCUT2D eigenvalue weighted by Gasteiger charge is 2.29. The molecule has 0 saturated heterocycles. The summed E-state index contributed by atoms with van der Waals surface area (Å²) in [5.74, 6) is 5.56. The van der Waals surface area contributed by atoms with E-state index < -0.39 is 0 Å². The molecule has 1 aliphatic heterocycles. The van der Waals surface area contributed by atoms with Crippen molar-refractivity contribution in [2.45, 2.75) is 130 Å². The van der Waals surface area contributed by atoms with Crippen molar-refractivity contribution in [2.24, 2.45) is 45.7 Å². The standard InChI is InChI=1S/C28H50N2/c1-21-15-16-25-13-10-14-27(19-21)26(17-18-28-20-23(3)29-30-28)12-9-7-5-6-8-11-22(2)24(25)4/h21-22,24-27H,5-20H2,1-4H3. The summed E-state index contributed by atoms with van der Waals surface area (Å²) in [6, 6.07) is 0. The Morgan fingerprint density at radius 1 is 0.733 bits per heavy atom. The highest BCUT2D eigenvalue weighted by atomic mass is 15.2. The third-order valence-corrected chi connectivity index (χ3v) is 9.05. The lowest BCUT2D eigenvalue weighted by Crippen LogP contribution is -2.20. The third-order valence-electron chi connectivity index (χ3n) is 9.05. The molecule has 2 nitrogen and oxygen atoms in total. The topological polar surface area (TPSA) is 24.7 Å². The molecule has 0 aromatic heterocycles. The van der Waals surface area contributed by atoms with Crippen LogP contribution in [0, 0.1) is 35.5 Å². The van der Waals surface area contributed by atoms with Crippen molar-refractivity contribution < 1.29 is 0 Å². The lowest BCUT2D eigenvalue weighted by molar-refractivity contribution is 0.211. The van der Waals surface area contributed by atoms with E-state index in [4.69, 9.17) is 0 Å². The first-order valence-corrected chi connectivity index (χ1v) is 13.6. The van der Waals surface area contributed by atoms with Crippen LogP contribution in [-0.4, -0.2) is 11.4 Å². The van der Waals surface area contributed by atoms with E-state index in [1.807, 2.05) is 0 Å². The number of rotatable bonds is 3. The van der Waals surface area contributed by atoms with Gasteiger partial charge in [0.2, 0.25) is 0 Å². The summed E-state index contributed by atoms with van der Waals surface area (Å²) in [5, 5.41) is 8.76. The van der Waals surface area contributed by atoms with Crippen LogP contribution in [0.5, 0.6) is 0 Å². The monoisotopic (exact) mass is 414 g/mol. The molecule has 2 bridgehead atoms. The molecule has 172 valence electrons. The summed E-state index contributed by atoms with van der Waals surface area (Å²) in [4.78, 5) is 0. The van der Waals surface area contributed by atoms with Crippen molar-refractivity contribution in [3.05, 3.63) is 0 Å². The largest absolute Gasteiger partial charge is 0.160 e. The van der Waals surface area contributed by atoms with Crippen LogP contribution < -0.4 is 0 Å². The molecule has 3 aliphatic rings. The Hall–Kier alpha value is -0.660. The van der Waals surface area contributed by atoms with E-state index >= 15 is 0 Å². The molecule has 1 heterocycles. The van der Waals surface area contributed by atoms with Gasteiger partial charge in [0, 0.05) is 17.8 Å². The normalized spacial score (nSPS) is 37.5. The zero-order valence-electron chi connectivity index (χ0n) is 20.7. The highest BCUT2D eigenvalue weighted by molar-refractivity contribution is 6.06. The van der Waals surface area contributed by atoms with Gasteiger partial charge < -0.3 is 0 Å². The summed E-state index contributed by atoms with van der Waals surface area (Å²) >= 11 is 0. The molecule has 0 radical (unpaired) electrons. The second-order valence-electron chi connectivity index (χ2n) is 11.5. The zero-order chi connectivity index (χ0) is 21.3. The Morgan fingerprint density at radius 3 is 2.23 bits per heavy atom. The van der Waals surface area contributed by atoms with E-state index in [0.29, 0.717) is 0 Å². The van der Waals surface area contributed by atoms with Gasteiger partial charge >= 0.3 is 0 Å².